The first kappa shape index (κ1) is 17.1. The molecule has 0 amide bonds. The molecule has 5 nitrogen and oxygen atoms in total. The van der Waals surface area contributed by atoms with Gasteiger partial charge in [0.2, 0.25) is 0 Å². The number of hydrogen-bond acceptors (Lipinski definition) is 4. The Morgan fingerprint density at radius 3 is 1.90 bits per heavy atom. The summed E-state index contributed by atoms with van der Waals surface area (Å²) in [5, 5.41) is 8.82. The summed E-state index contributed by atoms with van der Waals surface area (Å²) in [5.74, 6) is -1.62. The summed E-state index contributed by atoms with van der Waals surface area (Å²) in [6.07, 6.45) is 9.00. The van der Waals surface area contributed by atoms with Crippen molar-refractivity contribution < 1.29 is 19.4 Å². The van der Waals surface area contributed by atoms with E-state index in [1.165, 1.54) is 58.6 Å². The van der Waals surface area contributed by atoms with Crippen molar-refractivity contribution in [3.63, 3.8) is 0 Å². The first-order valence-electron chi connectivity index (χ1n) is 7.27. The first-order valence-corrected chi connectivity index (χ1v) is 7.27. The molecule has 0 bridgehead atoms. The molecule has 3 rings (SSSR count). The number of rotatable bonds is 2. The molecule has 0 aromatic carbocycles. The van der Waals surface area contributed by atoms with Crippen LogP contribution in [0.5, 0.6) is 0 Å². The predicted molar refractivity (Wildman–Crippen MR) is 79.7 cm³/mol. The van der Waals surface area contributed by atoms with E-state index in [-0.39, 0.29) is 11.3 Å². The lowest BCUT2D eigenvalue weighted by Crippen LogP contribution is -2.11. The number of methoxy groups -OCH3 is 1. The maximum atomic E-state index is 11.2. The maximum absolute atomic E-state index is 11.2. The number of esters is 1. The van der Waals surface area contributed by atoms with Gasteiger partial charge in [-0.1, -0.05) is 38.5 Å². The smallest absolute Gasteiger partial charge is 0.356 e. The van der Waals surface area contributed by atoms with Crippen molar-refractivity contribution in [1.82, 2.24) is 4.98 Å². The highest BCUT2D eigenvalue weighted by Crippen LogP contribution is 2.15. The van der Waals surface area contributed by atoms with Gasteiger partial charge in [-0.05, 0) is 25.5 Å². The van der Waals surface area contributed by atoms with Gasteiger partial charge in [0.1, 0.15) is 0 Å². The highest BCUT2D eigenvalue weighted by atomic mass is 16.5. The molecule has 2 aliphatic carbocycles. The lowest BCUT2D eigenvalue weighted by atomic mass is 10.1. The van der Waals surface area contributed by atoms with Gasteiger partial charge in [-0.25, -0.2) is 14.6 Å². The monoisotopic (exact) mass is 293 g/mol. The van der Waals surface area contributed by atoms with Crippen LogP contribution >= 0.6 is 0 Å². The van der Waals surface area contributed by atoms with Crippen molar-refractivity contribution in [3.8, 4) is 0 Å². The van der Waals surface area contributed by atoms with E-state index in [1.54, 1.807) is 6.92 Å². The molecule has 1 N–H and O–H groups in total. The van der Waals surface area contributed by atoms with Crippen LogP contribution in [-0.2, 0) is 4.74 Å². The number of aromatic carboxylic acids is 1. The molecule has 0 aliphatic heterocycles. The van der Waals surface area contributed by atoms with Crippen LogP contribution in [0.1, 0.15) is 70.6 Å². The third-order valence-corrected chi connectivity index (χ3v) is 2.72. The number of carboxylic acid groups (broad SMARTS) is 1. The lowest BCUT2D eigenvalue weighted by Gasteiger charge is -2.06. The molecule has 2 aliphatic rings. The molecule has 0 radical (unpaired) electrons. The van der Waals surface area contributed by atoms with Gasteiger partial charge in [-0.2, -0.15) is 0 Å². The maximum Gasteiger partial charge on any atom is 0.356 e. The molecule has 1 heterocycles. The van der Waals surface area contributed by atoms with Crippen molar-refractivity contribution in [2.75, 3.05) is 7.11 Å². The molecule has 1 aromatic rings. The van der Waals surface area contributed by atoms with E-state index in [9.17, 15) is 9.59 Å². The van der Waals surface area contributed by atoms with Gasteiger partial charge in [0.25, 0.3) is 0 Å². The molecular weight excluding hydrogens is 270 g/mol. The summed E-state index contributed by atoms with van der Waals surface area (Å²) in [5.41, 5.74) is 1.04. The van der Waals surface area contributed by atoms with Gasteiger partial charge >= 0.3 is 11.9 Å². The fraction of sp³-hybridized carbons (Fsp3) is 0.562. The zero-order valence-electron chi connectivity index (χ0n) is 12.9. The summed E-state index contributed by atoms with van der Waals surface area (Å²) in [6, 6.07) is 1.41. The van der Waals surface area contributed by atoms with Gasteiger partial charge in [-0.15, -0.1) is 0 Å². The average Bonchev–Trinajstić information content (AvgIpc) is 3.33. The predicted octanol–water partition coefficient (Wildman–Crippen LogP) is 3.52. The highest BCUT2D eigenvalue weighted by molar-refractivity contribution is 5.93. The molecule has 0 spiro atoms. The summed E-state index contributed by atoms with van der Waals surface area (Å²) >= 11 is 0. The number of hydrogen-bond donors (Lipinski definition) is 1. The topological polar surface area (TPSA) is 76.5 Å². The van der Waals surface area contributed by atoms with E-state index in [0.29, 0.717) is 11.3 Å². The molecule has 116 valence electrons. The fourth-order valence-corrected chi connectivity index (χ4v) is 1.23. The quantitative estimate of drug-likeness (QED) is 0.844. The van der Waals surface area contributed by atoms with Gasteiger partial charge in [-0.3, -0.25) is 0 Å². The van der Waals surface area contributed by atoms with Crippen LogP contribution in [0, 0.1) is 13.8 Å². The lowest BCUT2D eigenvalue weighted by molar-refractivity contribution is 0.0590. The van der Waals surface area contributed by atoms with Gasteiger partial charge in [0.15, 0.2) is 5.69 Å². The van der Waals surface area contributed by atoms with Gasteiger partial charge in [0.05, 0.1) is 18.4 Å². The molecule has 0 unspecified atom stereocenters. The Morgan fingerprint density at radius 2 is 1.57 bits per heavy atom. The Morgan fingerprint density at radius 1 is 1.10 bits per heavy atom. The molecule has 0 atom stereocenters. The number of nitrogens with zero attached hydrogens (tertiary/aromatic N) is 1. The van der Waals surface area contributed by atoms with Gasteiger partial charge in [0, 0.05) is 0 Å². The average molecular weight is 293 g/mol. The number of aromatic nitrogens is 1. The second-order valence-electron chi connectivity index (χ2n) is 5.20. The van der Waals surface area contributed by atoms with E-state index in [1.807, 2.05) is 0 Å². The van der Waals surface area contributed by atoms with E-state index in [0.717, 1.165) is 0 Å². The minimum atomic E-state index is -1.06. The standard InChI is InChI=1S/C10H11NO4.2C3H6/c1-5-4-7(9(12)13)6(2)11-8(5)10(14)15-3;2*1-2-3-1/h4H,1-3H3,(H,12,13);2*1-3H2. The fourth-order valence-electron chi connectivity index (χ4n) is 1.23. The third kappa shape index (κ3) is 6.88. The van der Waals surface area contributed by atoms with Crippen molar-refractivity contribution in [2.24, 2.45) is 0 Å². The Bertz CT molecular complexity index is 496. The Labute approximate surface area is 125 Å². The minimum absolute atomic E-state index is 0.0974. The third-order valence-electron chi connectivity index (χ3n) is 2.72. The molecule has 0 saturated heterocycles. The molecular formula is C16H23NO4. The summed E-state index contributed by atoms with van der Waals surface area (Å²) in [6.45, 7) is 3.15. The Hall–Kier alpha value is -1.91. The van der Waals surface area contributed by atoms with E-state index in [2.05, 4.69) is 9.72 Å². The number of carboxylic acids is 1. The van der Waals surface area contributed by atoms with Crippen molar-refractivity contribution in [2.45, 2.75) is 52.4 Å². The van der Waals surface area contributed by atoms with Crippen LogP contribution in [0.25, 0.3) is 0 Å². The number of carbonyl (C=O) groups is 2. The second-order valence-corrected chi connectivity index (χ2v) is 5.20. The largest absolute Gasteiger partial charge is 0.478 e. The van der Waals surface area contributed by atoms with Crippen LogP contribution in [0.2, 0.25) is 0 Å². The Balaban J connectivity index is 0.000000297. The molecule has 2 saturated carbocycles. The minimum Gasteiger partial charge on any atom is -0.478 e. The summed E-state index contributed by atoms with van der Waals surface area (Å²) in [4.78, 5) is 25.9. The zero-order chi connectivity index (χ0) is 15.8. The number of carbonyl (C=O) groups excluding carboxylic acids is 1. The first-order chi connectivity index (χ1) is 9.97. The Kier molecular flexibility index (Phi) is 6.85. The van der Waals surface area contributed by atoms with Crippen molar-refractivity contribution in [1.29, 1.82) is 0 Å². The molecule has 21 heavy (non-hydrogen) atoms. The van der Waals surface area contributed by atoms with Crippen LogP contribution in [0.3, 0.4) is 0 Å². The van der Waals surface area contributed by atoms with Crippen molar-refractivity contribution in [3.05, 3.63) is 28.6 Å². The van der Waals surface area contributed by atoms with Crippen LogP contribution in [0.4, 0.5) is 0 Å². The second kappa shape index (κ2) is 8.39. The van der Waals surface area contributed by atoms with Gasteiger partial charge < -0.3 is 9.84 Å². The normalized spacial score (nSPS) is 13.9. The van der Waals surface area contributed by atoms with E-state index < -0.39 is 11.9 Å². The van der Waals surface area contributed by atoms with E-state index >= 15 is 0 Å². The summed E-state index contributed by atoms with van der Waals surface area (Å²) < 4.78 is 4.52. The van der Waals surface area contributed by atoms with Crippen LogP contribution < -0.4 is 0 Å². The molecule has 5 heteroatoms. The molecule has 2 fully saturated rings. The van der Waals surface area contributed by atoms with Crippen molar-refractivity contribution >= 4 is 11.9 Å². The number of pyridine rings is 1. The zero-order valence-corrected chi connectivity index (χ0v) is 12.9. The SMILES string of the molecule is C1CC1.C1CC1.COC(=O)c1nc(C)c(C(=O)O)cc1C. The highest BCUT2D eigenvalue weighted by Gasteiger charge is 2.16. The number of ether oxygens (including phenoxy) is 1. The summed E-state index contributed by atoms with van der Waals surface area (Å²) in [7, 11) is 1.25. The van der Waals surface area contributed by atoms with Crippen LogP contribution in [0.15, 0.2) is 6.07 Å². The van der Waals surface area contributed by atoms with Crippen LogP contribution in [-0.4, -0.2) is 29.1 Å². The van der Waals surface area contributed by atoms with E-state index in [4.69, 9.17) is 5.11 Å². The number of aryl methyl sites for hydroxylation is 2. The molecule has 1 aromatic heterocycles.